The fourth-order valence-electron chi connectivity index (χ4n) is 3.31. The quantitative estimate of drug-likeness (QED) is 0.789. The van der Waals surface area contributed by atoms with Crippen molar-refractivity contribution in [1.29, 1.82) is 0 Å². The first kappa shape index (κ1) is 20.4. The second kappa shape index (κ2) is 8.80. The molecule has 2 aromatic carbocycles. The molecule has 1 aliphatic heterocycles. The Kier molecular flexibility index (Phi) is 6.42. The van der Waals surface area contributed by atoms with Gasteiger partial charge in [-0.1, -0.05) is 65.9 Å². The first-order valence-corrected chi connectivity index (χ1v) is 10.5. The number of nitrogens with two attached hydrogens (primary N) is 1. The summed E-state index contributed by atoms with van der Waals surface area (Å²) >= 11 is 1.65. The highest BCUT2D eigenvalue weighted by atomic mass is 32.2. The van der Waals surface area contributed by atoms with Gasteiger partial charge in [0.05, 0.1) is 0 Å². The summed E-state index contributed by atoms with van der Waals surface area (Å²) in [5, 5.41) is 7.37. The molecule has 28 heavy (non-hydrogen) atoms. The van der Waals surface area contributed by atoms with Gasteiger partial charge in [0, 0.05) is 19.2 Å². The number of hydrazone groups is 1. The molecule has 5 nitrogen and oxygen atoms in total. The van der Waals surface area contributed by atoms with Gasteiger partial charge in [0.2, 0.25) is 0 Å². The summed E-state index contributed by atoms with van der Waals surface area (Å²) in [6.45, 7) is 5.23. The van der Waals surface area contributed by atoms with Gasteiger partial charge >= 0.3 is 6.03 Å². The molecule has 148 valence electrons. The summed E-state index contributed by atoms with van der Waals surface area (Å²) in [7, 11) is 1.81. The van der Waals surface area contributed by atoms with Gasteiger partial charge in [-0.2, -0.15) is 10.1 Å². The van der Waals surface area contributed by atoms with Crippen molar-refractivity contribution in [3.8, 4) is 0 Å². The Bertz CT molecular complexity index is 855. The smallest absolute Gasteiger partial charge is 0.330 e. The standard InChI is InChI=1S/C22H28N4OS/c1-4-25(3)21(27)26-22(14-9-15-23,19-12-6-5-7-13-19)28-20(24-26)18-11-8-10-17(2)16-18/h5-8,10-13,16H,4,9,14-15,23H2,1-3H3. The van der Waals surface area contributed by atoms with E-state index in [1.807, 2.05) is 38.2 Å². The van der Waals surface area contributed by atoms with Crippen molar-refractivity contribution in [1.82, 2.24) is 9.91 Å². The average Bonchev–Trinajstić information content (AvgIpc) is 3.12. The van der Waals surface area contributed by atoms with E-state index in [2.05, 4.69) is 37.3 Å². The van der Waals surface area contributed by atoms with Crippen LogP contribution in [0.2, 0.25) is 0 Å². The lowest BCUT2D eigenvalue weighted by Crippen LogP contribution is -2.47. The number of carbonyl (C=O) groups is 1. The van der Waals surface area contributed by atoms with Crippen molar-refractivity contribution >= 4 is 22.8 Å². The molecule has 0 fully saturated rings. The van der Waals surface area contributed by atoms with Crippen LogP contribution in [0.1, 0.15) is 36.5 Å². The molecule has 0 radical (unpaired) electrons. The first-order valence-electron chi connectivity index (χ1n) is 9.67. The number of rotatable bonds is 6. The van der Waals surface area contributed by atoms with E-state index in [4.69, 9.17) is 10.8 Å². The van der Waals surface area contributed by atoms with Gasteiger partial charge in [0.15, 0.2) is 0 Å². The van der Waals surface area contributed by atoms with Crippen LogP contribution < -0.4 is 5.73 Å². The van der Waals surface area contributed by atoms with Crippen LogP contribution in [-0.4, -0.2) is 41.1 Å². The molecule has 1 aliphatic rings. The lowest BCUT2D eigenvalue weighted by Gasteiger charge is -2.37. The Hall–Kier alpha value is -2.31. The van der Waals surface area contributed by atoms with Gasteiger partial charge in [0.1, 0.15) is 9.91 Å². The summed E-state index contributed by atoms with van der Waals surface area (Å²) in [6, 6.07) is 18.3. The van der Waals surface area contributed by atoms with Gasteiger partial charge in [0.25, 0.3) is 0 Å². The van der Waals surface area contributed by atoms with E-state index in [1.165, 1.54) is 5.56 Å². The molecule has 0 aliphatic carbocycles. The van der Waals surface area contributed by atoms with Crippen molar-refractivity contribution < 1.29 is 4.79 Å². The van der Waals surface area contributed by atoms with Crippen molar-refractivity contribution in [2.24, 2.45) is 10.8 Å². The number of hydrogen-bond acceptors (Lipinski definition) is 4. The Balaban J connectivity index is 2.11. The van der Waals surface area contributed by atoms with Gasteiger partial charge in [-0.15, -0.1) is 0 Å². The number of benzene rings is 2. The molecule has 3 rings (SSSR count). The molecule has 0 aromatic heterocycles. The molecule has 2 N–H and O–H groups in total. The number of aryl methyl sites for hydroxylation is 1. The number of carbonyl (C=O) groups excluding carboxylic acids is 1. The Morgan fingerprint density at radius 1 is 1.21 bits per heavy atom. The number of nitrogens with zero attached hydrogens (tertiary/aromatic N) is 3. The Morgan fingerprint density at radius 3 is 2.61 bits per heavy atom. The third-order valence-electron chi connectivity index (χ3n) is 4.99. The largest absolute Gasteiger partial charge is 0.341 e. The van der Waals surface area contributed by atoms with Crippen LogP contribution in [0.25, 0.3) is 0 Å². The van der Waals surface area contributed by atoms with E-state index in [-0.39, 0.29) is 6.03 Å². The summed E-state index contributed by atoms with van der Waals surface area (Å²) in [4.78, 5) is 14.4. The molecule has 0 saturated carbocycles. The summed E-state index contributed by atoms with van der Waals surface area (Å²) in [5.74, 6) is 0. The normalized spacial score (nSPS) is 18.9. The lowest BCUT2D eigenvalue weighted by molar-refractivity contribution is 0.133. The second-order valence-electron chi connectivity index (χ2n) is 7.03. The third-order valence-corrected chi connectivity index (χ3v) is 6.45. The predicted molar refractivity (Wildman–Crippen MR) is 117 cm³/mol. The maximum Gasteiger partial charge on any atom is 0.341 e. The third kappa shape index (κ3) is 3.93. The maximum atomic E-state index is 13.3. The lowest BCUT2D eigenvalue weighted by atomic mass is 10.0. The molecule has 0 spiro atoms. The topological polar surface area (TPSA) is 61.9 Å². The van der Waals surface area contributed by atoms with Gasteiger partial charge < -0.3 is 10.6 Å². The molecule has 1 heterocycles. The average molecular weight is 397 g/mol. The van der Waals surface area contributed by atoms with E-state index in [0.29, 0.717) is 13.1 Å². The van der Waals surface area contributed by atoms with Crippen LogP contribution in [0.4, 0.5) is 4.79 Å². The van der Waals surface area contributed by atoms with Gasteiger partial charge in [-0.25, -0.2) is 4.79 Å². The van der Waals surface area contributed by atoms with Crippen LogP contribution >= 0.6 is 11.8 Å². The van der Waals surface area contributed by atoms with E-state index >= 15 is 0 Å². The SMILES string of the molecule is CCN(C)C(=O)N1N=C(c2cccc(C)c2)SC1(CCCN)c1ccccc1. The van der Waals surface area contributed by atoms with E-state index in [0.717, 1.165) is 29.0 Å². The Morgan fingerprint density at radius 2 is 1.96 bits per heavy atom. The van der Waals surface area contributed by atoms with Crippen LogP contribution in [-0.2, 0) is 4.87 Å². The molecule has 1 unspecified atom stereocenters. The predicted octanol–water partition coefficient (Wildman–Crippen LogP) is 4.37. The molecule has 2 amide bonds. The first-order chi connectivity index (χ1) is 13.5. The molecule has 0 bridgehead atoms. The zero-order valence-corrected chi connectivity index (χ0v) is 17.6. The van der Waals surface area contributed by atoms with Crippen LogP contribution in [0.3, 0.4) is 0 Å². The monoisotopic (exact) mass is 396 g/mol. The van der Waals surface area contributed by atoms with E-state index in [9.17, 15) is 4.79 Å². The van der Waals surface area contributed by atoms with E-state index < -0.39 is 4.87 Å². The molecule has 2 aromatic rings. The van der Waals surface area contributed by atoms with Crippen LogP contribution in [0, 0.1) is 6.92 Å². The summed E-state index contributed by atoms with van der Waals surface area (Å²) in [6.07, 6.45) is 1.54. The number of hydrogen-bond donors (Lipinski definition) is 1. The van der Waals surface area contributed by atoms with Crippen molar-refractivity contribution in [2.45, 2.75) is 31.6 Å². The summed E-state index contributed by atoms with van der Waals surface area (Å²) < 4.78 is 0. The highest BCUT2D eigenvalue weighted by molar-refractivity contribution is 8.15. The van der Waals surface area contributed by atoms with Crippen molar-refractivity contribution in [3.05, 3.63) is 71.3 Å². The second-order valence-corrected chi connectivity index (χ2v) is 8.29. The van der Waals surface area contributed by atoms with Crippen LogP contribution in [0.15, 0.2) is 59.7 Å². The van der Waals surface area contributed by atoms with Gasteiger partial charge in [-0.3, -0.25) is 0 Å². The highest BCUT2D eigenvalue weighted by Crippen LogP contribution is 2.50. The molecular formula is C22H28N4OS. The van der Waals surface area contributed by atoms with Crippen molar-refractivity contribution in [2.75, 3.05) is 20.1 Å². The van der Waals surface area contributed by atoms with E-state index in [1.54, 1.807) is 21.7 Å². The van der Waals surface area contributed by atoms with Crippen LogP contribution in [0.5, 0.6) is 0 Å². The molecule has 6 heteroatoms. The fourth-order valence-corrected chi connectivity index (χ4v) is 4.70. The minimum absolute atomic E-state index is 0.0986. The van der Waals surface area contributed by atoms with Gasteiger partial charge in [-0.05, 0) is 44.9 Å². The number of urea groups is 1. The molecule has 0 saturated heterocycles. The highest BCUT2D eigenvalue weighted by Gasteiger charge is 2.48. The maximum absolute atomic E-state index is 13.3. The number of thioether (sulfide) groups is 1. The fraction of sp³-hybridized carbons (Fsp3) is 0.364. The zero-order valence-electron chi connectivity index (χ0n) is 16.8. The van der Waals surface area contributed by atoms with Crippen molar-refractivity contribution in [3.63, 3.8) is 0 Å². The Labute approximate surface area is 171 Å². The zero-order chi connectivity index (χ0) is 20.1. The minimum Gasteiger partial charge on any atom is -0.330 e. The minimum atomic E-state index is -0.597. The molecular weight excluding hydrogens is 368 g/mol. The summed E-state index contributed by atoms with van der Waals surface area (Å²) in [5.41, 5.74) is 9.13. The number of amides is 2. The molecule has 1 atom stereocenters.